The zero-order chi connectivity index (χ0) is 17.3. The molecule has 0 spiro atoms. The molecule has 0 aromatic heterocycles. The topological polar surface area (TPSA) is 48.9 Å². The summed E-state index contributed by atoms with van der Waals surface area (Å²) in [4.78, 5) is 6.61. The number of benzene rings is 1. The van der Waals surface area contributed by atoms with Gasteiger partial charge in [0, 0.05) is 46.0 Å². The van der Waals surface area contributed by atoms with Crippen LogP contribution in [0, 0.1) is 6.92 Å². The van der Waals surface area contributed by atoms with Gasteiger partial charge in [-0.1, -0.05) is 12.1 Å². The van der Waals surface area contributed by atoms with Crippen molar-refractivity contribution in [3.63, 3.8) is 0 Å². The van der Waals surface area contributed by atoms with Crippen molar-refractivity contribution in [3.8, 4) is 0 Å². The molecule has 0 aliphatic rings. The largest absolute Gasteiger partial charge is 0.377 e. The molecule has 2 N–H and O–H groups in total. The summed E-state index contributed by atoms with van der Waals surface area (Å²) in [6, 6.07) is 8.61. The highest BCUT2D eigenvalue weighted by Crippen LogP contribution is 2.14. The van der Waals surface area contributed by atoms with Crippen molar-refractivity contribution in [1.82, 2.24) is 10.6 Å². The van der Waals surface area contributed by atoms with Gasteiger partial charge in [0.1, 0.15) is 0 Å². The number of nitrogens with zero attached hydrogens (tertiary/aromatic N) is 2. The predicted molar refractivity (Wildman–Crippen MR) is 115 cm³/mol. The van der Waals surface area contributed by atoms with Crippen LogP contribution in [0.5, 0.6) is 0 Å². The third kappa shape index (κ3) is 8.19. The van der Waals surface area contributed by atoms with Gasteiger partial charge in [0.25, 0.3) is 0 Å². The van der Waals surface area contributed by atoms with Crippen LogP contribution in [0.15, 0.2) is 29.3 Å². The summed E-state index contributed by atoms with van der Waals surface area (Å²) in [6.07, 6.45) is 0. The number of anilines is 1. The summed E-state index contributed by atoms with van der Waals surface area (Å²) >= 11 is 0. The van der Waals surface area contributed by atoms with E-state index in [1.165, 1.54) is 11.3 Å². The first-order chi connectivity index (χ1) is 10.9. The van der Waals surface area contributed by atoms with E-state index >= 15 is 0 Å². The number of hydrogen-bond donors (Lipinski definition) is 2. The highest BCUT2D eigenvalue weighted by molar-refractivity contribution is 14.0. The Hall–Kier alpha value is -1.02. The Morgan fingerprint density at radius 3 is 2.54 bits per heavy atom. The molecule has 0 bridgehead atoms. The van der Waals surface area contributed by atoms with Crippen molar-refractivity contribution >= 4 is 35.6 Å². The molecule has 0 aliphatic heterocycles. The number of hydrogen-bond acceptors (Lipinski definition) is 3. The fourth-order valence-electron chi connectivity index (χ4n) is 2.19. The Labute approximate surface area is 164 Å². The summed E-state index contributed by atoms with van der Waals surface area (Å²) in [5.41, 5.74) is 2.33. The van der Waals surface area contributed by atoms with Crippen LogP contribution in [0.1, 0.15) is 26.3 Å². The second kappa shape index (κ2) is 11.5. The van der Waals surface area contributed by atoms with Gasteiger partial charge in [0.05, 0.1) is 5.60 Å². The molecule has 0 saturated carbocycles. The lowest BCUT2D eigenvalue weighted by atomic mass is 10.1. The van der Waals surface area contributed by atoms with Crippen LogP contribution in [0.3, 0.4) is 0 Å². The van der Waals surface area contributed by atoms with Crippen LogP contribution < -0.4 is 15.5 Å². The van der Waals surface area contributed by atoms with Crippen molar-refractivity contribution in [2.45, 2.75) is 33.3 Å². The molecule has 1 aromatic rings. The Morgan fingerprint density at radius 2 is 2.00 bits per heavy atom. The van der Waals surface area contributed by atoms with Crippen LogP contribution >= 0.6 is 24.0 Å². The van der Waals surface area contributed by atoms with E-state index < -0.39 is 0 Å². The number of aryl methyl sites for hydroxylation is 1. The molecular weight excluding hydrogens is 415 g/mol. The van der Waals surface area contributed by atoms with Crippen molar-refractivity contribution < 1.29 is 4.74 Å². The Morgan fingerprint density at radius 1 is 1.29 bits per heavy atom. The van der Waals surface area contributed by atoms with Gasteiger partial charge in [-0.2, -0.15) is 0 Å². The minimum atomic E-state index is -0.214. The number of guanidine groups is 1. The van der Waals surface area contributed by atoms with Crippen LogP contribution in [-0.2, 0) is 4.74 Å². The van der Waals surface area contributed by atoms with Crippen LogP contribution in [0.4, 0.5) is 5.69 Å². The third-order valence-electron chi connectivity index (χ3n) is 3.88. The number of likely N-dealkylation sites (N-methyl/N-ethyl adjacent to an activating group) is 1. The van der Waals surface area contributed by atoms with Crippen molar-refractivity contribution in [2.24, 2.45) is 4.99 Å². The highest BCUT2D eigenvalue weighted by Gasteiger charge is 2.16. The number of methoxy groups -OCH3 is 1. The fourth-order valence-corrected chi connectivity index (χ4v) is 2.19. The maximum atomic E-state index is 5.41. The summed E-state index contributed by atoms with van der Waals surface area (Å²) in [7, 11) is 3.51. The summed E-state index contributed by atoms with van der Waals surface area (Å²) in [5, 5.41) is 6.65. The maximum Gasteiger partial charge on any atom is 0.191 e. The van der Waals surface area contributed by atoms with Gasteiger partial charge in [-0.25, -0.2) is 0 Å². The molecule has 1 rings (SSSR count). The molecule has 0 fully saturated rings. The van der Waals surface area contributed by atoms with Crippen molar-refractivity contribution in [3.05, 3.63) is 29.8 Å². The second-order valence-corrected chi connectivity index (χ2v) is 6.24. The van der Waals surface area contributed by atoms with Gasteiger partial charge in [-0.15, -0.1) is 24.0 Å². The molecule has 0 aliphatic carbocycles. The van der Waals surface area contributed by atoms with E-state index in [0.717, 1.165) is 25.6 Å². The Balaban J connectivity index is 0.00000529. The maximum absolute atomic E-state index is 5.41. The molecule has 0 atom stereocenters. The van der Waals surface area contributed by atoms with E-state index in [1.54, 1.807) is 14.2 Å². The molecule has 24 heavy (non-hydrogen) atoms. The van der Waals surface area contributed by atoms with E-state index in [4.69, 9.17) is 4.74 Å². The lowest BCUT2D eigenvalue weighted by Gasteiger charge is -2.26. The van der Waals surface area contributed by atoms with Crippen molar-refractivity contribution in [1.29, 1.82) is 0 Å². The number of aliphatic imine (C=N–C) groups is 1. The Kier molecular flexibility index (Phi) is 11.0. The average molecular weight is 448 g/mol. The van der Waals surface area contributed by atoms with Gasteiger partial charge in [-0.3, -0.25) is 4.99 Å². The third-order valence-corrected chi connectivity index (χ3v) is 3.88. The van der Waals surface area contributed by atoms with E-state index in [0.29, 0.717) is 6.54 Å². The van der Waals surface area contributed by atoms with Crippen LogP contribution in [0.2, 0.25) is 0 Å². The monoisotopic (exact) mass is 448 g/mol. The van der Waals surface area contributed by atoms with E-state index in [2.05, 4.69) is 58.6 Å². The fraction of sp³-hybridized carbons (Fsp3) is 0.611. The zero-order valence-corrected chi connectivity index (χ0v) is 18.2. The average Bonchev–Trinajstić information content (AvgIpc) is 2.54. The Bertz CT molecular complexity index is 506. The second-order valence-electron chi connectivity index (χ2n) is 6.24. The minimum Gasteiger partial charge on any atom is -0.377 e. The highest BCUT2D eigenvalue weighted by atomic mass is 127. The van der Waals surface area contributed by atoms with Crippen molar-refractivity contribution in [2.75, 3.05) is 45.2 Å². The molecule has 0 amide bonds. The standard InChI is InChI=1S/C18H32N4O.HI/c1-7-22(16-10-8-9-15(2)13-16)12-11-20-17(19-5)21-14-18(3,4)23-6;/h8-10,13H,7,11-12,14H2,1-6H3,(H2,19,20,21);1H. The van der Waals surface area contributed by atoms with Gasteiger partial charge in [0.2, 0.25) is 0 Å². The van der Waals surface area contributed by atoms with E-state index in [-0.39, 0.29) is 29.6 Å². The smallest absolute Gasteiger partial charge is 0.191 e. The molecule has 0 saturated heterocycles. The quantitative estimate of drug-likeness (QED) is 0.365. The lowest BCUT2D eigenvalue weighted by molar-refractivity contribution is 0.0268. The molecule has 138 valence electrons. The minimum absolute atomic E-state index is 0. The SMILES string of the molecule is CCN(CCNC(=NC)NCC(C)(C)OC)c1cccc(C)c1.I. The molecule has 0 unspecified atom stereocenters. The number of ether oxygens (including phenoxy) is 1. The first-order valence-electron chi connectivity index (χ1n) is 8.23. The predicted octanol–water partition coefficient (Wildman–Crippen LogP) is 3.03. The van der Waals surface area contributed by atoms with Gasteiger partial charge in [0.15, 0.2) is 5.96 Å². The summed E-state index contributed by atoms with van der Waals surface area (Å²) in [5.74, 6) is 0.801. The summed E-state index contributed by atoms with van der Waals surface area (Å²) in [6.45, 7) is 11.8. The number of nitrogens with one attached hydrogen (secondary N) is 2. The molecule has 5 nitrogen and oxygen atoms in total. The van der Waals surface area contributed by atoms with E-state index in [9.17, 15) is 0 Å². The first kappa shape index (κ1) is 23.0. The molecule has 1 aromatic carbocycles. The first-order valence-corrected chi connectivity index (χ1v) is 8.23. The summed E-state index contributed by atoms with van der Waals surface area (Å²) < 4.78 is 5.41. The lowest BCUT2D eigenvalue weighted by Crippen LogP contribution is -2.47. The molecule has 0 heterocycles. The normalized spacial score (nSPS) is 11.7. The van der Waals surface area contributed by atoms with Gasteiger partial charge < -0.3 is 20.3 Å². The van der Waals surface area contributed by atoms with Crippen LogP contribution in [-0.4, -0.2) is 51.9 Å². The molecular formula is C18H33IN4O. The zero-order valence-electron chi connectivity index (χ0n) is 15.8. The molecule has 6 heteroatoms. The molecule has 0 radical (unpaired) electrons. The van der Waals surface area contributed by atoms with Gasteiger partial charge in [-0.05, 0) is 45.4 Å². The number of halogens is 1. The van der Waals surface area contributed by atoms with Crippen LogP contribution in [0.25, 0.3) is 0 Å². The van der Waals surface area contributed by atoms with Gasteiger partial charge >= 0.3 is 0 Å². The number of rotatable bonds is 8. The van der Waals surface area contributed by atoms with E-state index in [1.807, 2.05) is 13.8 Å².